The molecule has 0 saturated carbocycles. The number of carbonyl (C=O) groups is 2. The molecule has 2 amide bonds. The molecule has 1 N–H and O–H groups in total. The minimum atomic E-state index is -0.176. The van der Waals surface area contributed by atoms with Crippen molar-refractivity contribution in [2.45, 2.75) is 25.2 Å². The van der Waals surface area contributed by atoms with Crippen LogP contribution in [-0.4, -0.2) is 29.8 Å². The summed E-state index contributed by atoms with van der Waals surface area (Å²) in [6.45, 7) is 1.19. The van der Waals surface area contributed by atoms with Crippen LogP contribution in [0.25, 0.3) is 0 Å². The quantitative estimate of drug-likeness (QED) is 0.613. The zero-order valence-corrected chi connectivity index (χ0v) is 17.6. The summed E-state index contributed by atoms with van der Waals surface area (Å²) in [5.41, 5.74) is 3.07. The number of benzene rings is 3. The molecule has 0 unspecified atom stereocenters. The van der Waals surface area contributed by atoms with Gasteiger partial charge in [-0.1, -0.05) is 78.9 Å². The van der Waals surface area contributed by atoms with Crippen LogP contribution in [0.2, 0.25) is 0 Å². The van der Waals surface area contributed by atoms with E-state index in [2.05, 4.69) is 29.6 Å². The van der Waals surface area contributed by atoms with Crippen LogP contribution in [0.3, 0.4) is 0 Å². The first-order valence-electron chi connectivity index (χ1n) is 10.9. The smallest absolute Gasteiger partial charge is 0.229 e. The fourth-order valence-corrected chi connectivity index (χ4v) is 4.29. The maximum absolute atomic E-state index is 13.3. The van der Waals surface area contributed by atoms with Crippen LogP contribution in [-0.2, 0) is 9.59 Å². The van der Waals surface area contributed by atoms with Crippen molar-refractivity contribution in [1.29, 1.82) is 0 Å². The molecule has 1 heterocycles. The molecule has 1 saturated heterocycles. The van der Waals surface area contributed by atoms with E-state index in [-0.39, 0.29) is 23.7 Å². The Morgan fingerprint density at radius 1 is 0.839 bits per heavy atom. The number of carbonyl (C=O) groups excluding carboxylic acids is 2. The van der Waals surface area contributed by atoms with Gasteiger partial charge in [0.25, 0.3) is 0 Å². The second-order valence-electron chi connectivity index (χ2n) is 8.11. The number of hydrogen-bond donors (Lipinski definition) is 1. The number of para-hydroxylation sites is 1. The van der Waals surface area contributed by atoms with Gasteiger partial charge in [-0.05, 0) is 36.1 Å². The van der Waals surface area contributed by atoms with Crippen LogP contribution in [0.15, 0.2) is 91.0 Å². The minimum absolute atomic E-state index is 0.00780. The summed E-state index contributed by atoms with van der Waals surface area (Å²) in [5.74, 6) is -0.0699. The number of nitrogens with zero attached hydrogens (tertiary/aromatic N) is 1. The van der Waals surface area contributed by atoms with Gasteiger partial charge in [0.1, 0.15) is 0 Å². The third-order valence-electron chi connectivity index (χ3n) is 5.97. The summed E-state index contributed by atoms with van der Waals surface area (Å²) >= 11 is 0. The maximum atomic E-state index is 13.3. The summed E-state index contributed by atoms with van der Waals surface area (Å²) in [7, 11) is 0. The Hall–Kier alpha value is -3.40. The zero-order chi connectivity index (χ0) is 21.5. The molecule has 3 aromatic carbocycles. The molecule has 0 aromatic heterocycles. The Bertz CT molecular complexity index is 950. The molecule has 1 aliphatic rings. The second kappa shape index (κ2) is 10.1. The number of likely N-dealkylation sites (tertiary alicyclic amines) is 1. The van der Waals surface area contributed by atoms with Gasteiger partial charge in [-0.25, -0.2) is 0 Å². The number of anilines is 1. The summed E-state index contributed by atoms with van der Waals surface area (Å²) in [4.78, 5) is 27.9. The van der Waals surface area contributed by atoms with Crippen LogP contribution < -0.4 is 5.32 Å². The van der Waals surface area contributed by atoms with Crippen molar-refractivity contribution in [2.24, 2.45) is 5.92 Å². The van der Waals surface area contributed by atoms with Crippen molar-refractivity contribution >= 4 is 17.5 Å². The van der Waals surface area contributed by atoms with Crippen LogP contribution >= 0.6 is 0 Å². The highest BCUT2D eigenvalue weighted by Gasteiger charge is 2.30. The topological polar surface area (TPSA) is 49.4 Å². The summed E-state index contributed by atoms with van der Waals surface area (Å²) in [6.07, 6.45) is 2.06. The molecule has 0 aliphatic carbocycles. The van der Waals surface area contributed by atoms with Gasteiger partial charge < -0.3 is 10.2 Å². The number of amides is 2. The Kier molecular flexibility index (Phi) is 6.78. The molecule has 4 nitrogen and oxygen atoms in total. The SMILES string of the molecule is O=C(Nc1ccccc1)[C@@H]1CCCN(C(=O)CC(c2ccccc2)c2ccccc2)C1. The van der Waals surface area contributed by atoms with Gasteiger partial charge >= 0.3 is 0 Å². The standard InChI is InChI=1S/C27H28N2O2/c30-26(19-25(21-11-4-1-5-12-21)22-13-6-2-7-14-22)29-18-10-15-23(20-29)27(31)28-24-16-8-3-9-17-24/h1-9,11-14,16-17,23,25H,10,15,18-20H2,(H,28,31)/t23-/m1/s1. The number of nitrogens with one attached hydrogen (secondary N) is 1. The first-order valence-corrected chi connectivity index (χ1v) is 10.9. The van der Waals surface area contributed by atoms with E-state index in [1.54, 1.807) is 0 Å². The van der Waals surface area contributed by atoms with Gasteiger partial charge in [-0.2, -0.15) is 0 Å². The molecule has 1 aliphatic heterocycles. The normalized spacial score (nSPS) is 16.2. The van der Waals surface area contributed by atoms with Crippen LogP contribution in [0.4, 0.5) is 5.69 Å². The van der Waals surface area contributed by atoms with Crippen molar-refractivity contribution in [3.05, 3.63) is 102 Å². The van der Waals surface area contributed by atoms with Crippen molar-refractivity contribution in [1.82, 2.24) is 4.90 Å². The monoisotopic (exact) mass is 412 g/mol. The Labute approximate surface area is 183 Å². The molecule has 4 heteroatoms. The predicted octanol–water partition coefficient (Wildman–Crippen LogP) is 5.09. The third-order valence-corrected chi connectivity index (χ3v) is 5.97. The Morgan fingerprint density at radius 3 is 1.97 bits per heavy atom. The van der Waals surface area contributed by atoms with Crippen LogP contribution in [0.1, 0.15) is 36.3 Å². The van der Waals surface area contributed by atoms with Crippen molar-refractivity contribution in [3.8, 4) is 0 Å². The maximum Gasteiger partial charge on any atom is 0.229 e. The van der Waals surface area contributed by atoms with E-state index in [1.807, 2.05) is 71.6 Å². The largest absolute Gasteiger partial charge is 0.342 e. The van der Waals surface area contributed by atoms with Gasteiger partial charge in [0.15, 0.2) is 0 Å². The molecular formula is C27H28N2O2. The van der Waals surface area contributed by atoms with E-state index in [9.17, 15) is 9.59 Å². The number of rotatable bonds is 6. The third kappa shape index (κ3) is 5.40. The lowest BCUT2D eigenvalue weighted by Crippen LogP contribution is -2.44. The van der Waals surface area contributed by atoms with Crippen molar-refractivity contribution < 1.29 is 9.59 Å². The molecule has 3 aromatic rings. The highest BCUT2D eigenvalue weighted by atomic mass is 16.2. The zero-order valence-electron chi connectivity index (χ0n) is 17.6. The highest BCUT2D eigenvalue weighted by molar-refractivity contribution is 5.93. The predicted molar refractivity (Wildman–Crippen MR) is 124 cm³/mol. The number of piperidine rings is 1. The van der Waals surface area contributed by atoms with E-state index in [0.717, 1.165) is 29.7 Å². The van der Waals surface area contributed by atoms with E-state index in [1.165, 1.54) is 0 Å². The first-order chi connectivity index (χ1) is 15.2. The lowest BCUT2D eigenvalue weighted by molar-refractivity contribution is -0.134. The van der Waals surface area contributed by atoms with Crippen LogP contribution in [0, 0.1) is 5.92 Å². The molecule has 0 spiro atoms. The molecule has 1 atom stereocenters. The summed E-state index contributed by atoms with van der Waals surface area (Å²) in [5, 5.41) is 2.99. The van der Waals surface area contributed by atoms with Gasteiger partial charge in [-0.15, -0.1) is 0 Å². The summed E-state index contributed by atoms with van der Waals surface area (Å²) < 4.78 is 0. The average molecular weight is 413 g/mol. The minimum Gasteiger partial charge on any atom is -0.342 e. The van der Waals surface area contributed by atoms with Crippen LogP contribution in [0.5, 0.6) is 0 Å². The van der Waals surface area contributed by atoms with Gasteiger partial charge in [-0.3, -0.25) is 9.59 Å². The van der Waals surface area contributed by atoms with E-state index >= 15 is 0 Å². The van der Waals surface area contributed by atoms with Gasteiger partial charge in [0, 0.05) is 31.1 Å². The second-order valence-corrected chi connectivity index (χ2v) is 8.11. The lowest BCUT2D eigenvalue weighted by Gasteiger charge is -2.33. The fourth-order valence-electron chi connectivity index (χ4n) is 4.29. The van der Waals surface area contributed by atoms with Gasteiger partial charge in [0.2, 0.25) is 11.8 Å². The Balaban J connectivity index is 1.44. The summed E-state index contributed by atoms with van der Waals surface area (Å²) in [6, 6.07) is 29.9. The van der Waals surface area contributed by atoms with Crippen molar-refractivity contribution in [3.63, 3.8) is 0 Å². The molecule has 31 heavy (non-hydrogen) atoms. The lowest BCUT2D eigenvalue weighted by atomic mass is 9.87. The molecule has 158 valence electrons. The van der Waals surface area contributed by atoms with Gasteiger partial charge in [0.05, 0.1) is 5.92 Å². The van der Waals surface area contributed by atoms with E-state index in [0.29, 0.717) is 19.5 Å². The van der Waals surface area contributed by atoms with E-state index < -0.39 is 0 Å². The molecule has 0 radical (unpaired) electrons. The molecule has 4 rings (SSSR count). The Morgan fingerprint density at radius 2 is 1.39 bits per heavy atom. The molecule has 1 fully saturated rings. The fraction of sp³-hybridized carbons (Fsp3) is 0.259. The highest BCUT2D eigenvalue weighted by Crippen LogP contribution is 2.29. The van der Waals surface area contributed by atoms with Crippen molar-refractivity contribution in [2.75, 3.05) is 18.4 Å². The molecule has 0 bridgehead atoms. The first kappa shape index (κ1) is 20.9. The van der Waals surface area contributed by atoms with E-state index in [4.69, 9.17) is 0 Å². The number of hydrogen-bond acceptors (Lipinski definition) is 2. The molecular weight excluding hydrogens is 384 g/mol. The average Bonchev–Trinajstić information content (AvgIpc) is 2.84.